The second kappa shape index (κ2) is 5.40. The zero-order valence-electron chi connectivity index (χ0n) is 11.4. The summed E-state index contributed by atoms with van der Waals surface area (Å²) in [5, 5.41) is 2.72. The average molecular weight is 262 g/mol. The van der Waals surface area contributed by atoms with Crippen molar-refractivity contribution in [2.75, 3.05) is 7.05 Å². The molecule has 2 amide bonds. The molecule has 19 heavy (non-hydrogen) atoms. The zero-order chi connectivity index (χ0) is 14.0. The van der Waals surface area contributed by atoms with Gasteiger partial charge >= 0.3 is 6.09 Å². The molecule has 1 aliphatic heterocycles. The molecule has 1 saturated heterocycles. The summed E-state index contributed by atoms with van der Waals surface area (Å²) in [5.74, 6) is -0.258. The third kappa shape index (κ3) is 2.46. The van der Waals surface area contributed by atoms with Crippen LogP contribution in [0.5, 0.6) is 0 Å². The first-order chi connectivity index (χ1) is 9.06. The number of hydrogen-bond acceptors (Lipinski definition) is 4. The predicted octanol–water partition coefficient (Wildman–Crippen LogP) is 2.35. The highest BCUT2D eigenvalue weighted by Gasteiger charge is 2.40. The first-order valence-electron chi connectivity index (χ1n) is 6.37. The Bertz CT molecular complexity index is 475. The molecule has 0 radical (unpaired) electrons. The molecule has 5 heteroatoms. The van der Waals surface area contributed by atoms with Gasteiger partial charge in [0.1, 0.15) is 6.10 Å². The summed E-state index contributed by atoms with van der Waals surface area (Å²) in [6.07, 6.45) is -0.705. The Balaban J connectivity index is 2.25. The van der Waals surface area contributed by atoms with E-state index < -0.39 is 6.09 Å². The molecule has 0 aliphatic carbocycles. The van der Waals surface area contributed by atoms with Gasteiger partial charge in [0.05, 0.1) is 6.04 Å². The second-order valence-corrected chi connectivity index (χ2v) is 4.59. The number of benzene rings is 1. The van der Waals surface area contributed by atoms with E-state index in [4.69, 9.17) is 4.74 Å². The highest BCUT2D eigenvalue weighted by molar-refractivity contribution is 5.91. The molecule has 5 nitrogen and oxygen atoms in total. The number of cyclic esters (lactones) is 1. The van der Waals surface area contributed by atoms with Crippen molar-refractivity contribution in [1.29, 1.82) is 0 Å². The van der Waals surface area contributed by atoms with E-state index in [0.29, 0.717) is 0 Å². The van der Waals surface area contributed by atoms with Crippen molar-refractivity contribution in [3.63, 3.8) is 0 Å². The first kappa shape index (κ1) is 13.5. The fraction of sp³-hybridized carbons (Fsp3) is 0.429. The Morgan fingerprint density at radius 3 is 2.53 bits per heavy atom. The van der Waals surface area contributed by atoms with Gasteiger partial charge in [-0.15, -0.1) is 0 Å². The molecule has 0 unspecified atom stereocenters. The van der Waals surface area contributed by atoms with Crippen LogP contribution < -0.4 is 0 Å². The molecule has 1 fully saturated rings. The minimum absolute atomic E-state index is 0.101. The van der Waals surface area contributed by atoms with Crippen molar-refractivity contribution in [3.8, 4) is 0 Å². The van der Waals surface area contributed by atoms with Gasteiger partial charge in [0.2, 0.25) is 5.91 Å². The van der Waals surface area contributed by atoms with Crippen LogP contribution in [0, 0.1) is 0 Å². The number of likely N-dealkylation sites (N-methyl/N-ethyl adjacent to an activating group) is 1. The molecule has 0 bridgehead atoms. The van der Waals surface area contributed by atoms with E-state index in [9.17, 15) is 9.59 Å². The van der Waals surface area contributed by atoms with Gasteiger partial charge in [0, 0.05) is 13.5 Å². The maximum absolute atomic E-state index is 12.0. The number of hydrogen-bond donors (Lipinski definition) is 0. The Morgan fingerprint density at radius 2 is 1.95 bits per heavy atom. The molecule has 1 heterocycles. The monoisotopic (exact) mass is 262 g/mol. The van der Waals surface area contributed by atoms with E-state index in [-0.39, 0.29) is 24.5 Å². The highest BCUT2D eigenvalue weighted by Crippen LogP contribution is 2.30. The number of rotatable bonds is 2. The quantitative estimate of drug-likeness (QED) is 0.821. The molecule has 1 aliphatic rings. The lowest BCUT2D eigenvalue weighted by Crippen LogP contribution is -2.58. The second-order valence-electron chi connectivity index (χ2n) is 4.59. The van der Waals surface area contributed by atoms with E-state index in [0.717, 1.165) is 10.6 Å². The summed E-state index contributed by atoms with van der Waals surface area (Å²) in [7, 11) is 1.73. The smallest absolute Gasteiger partial charge is 0.432 e. The number of carbonyl (C=O) groups is 2. The Kier molecular flexibility index (Phi) is 3.85. The van der Waals surface area contributed by atoms with Crippen LogP contribution in [-0.4, -0.2) is 35.1 Å². The number of ether oxygens (including phenoxy) is 1. The zero-order valence-corrected chi connectivity index (χ0v) is 11.4. The van der Waals surface area contributed by atoms with Gasteiger partial charge < -0.3 is 4.74 Å². The Morgan fingerprint density at radius 1 is 1.32 bits per heavy atom. The van der Waals surface area contributed by atoms with E-state index in [1.54, 1.807) is 19.0 Å². The maximum Gasteiger partial charge on any atom is 0.432 e. The fourth-order valence-electron chi connectivity index (χ4n) is 2.18. The number of hydrazine groups is 1. The number of imide groups is 1. The van der Waals surface area contributed by atoms with Crippen LogP contribution in [0.3, 0.4) is 0 Å². The predicted molar refractivity (Wildman–Crippen MR) is 70.0 cm³/mol. The molecule has 0 N–H and O–H groups in total. The standard InChI is InChI=1S/C14H18N2O3/c1-4-12(17)16-14(18)19-13(10(2)15(16)3)11-8-6-5-7-9-11/h5-10,13H,4H2,1-3H3/t10-,13-/m0/s1. The molecule has 2 atom stereocenters. The van der Waals surface area contributed by atoms with Crippen molar-refractivity contribution in [3.05, 3.63) is 35.9 Å². The van der Waals surface area contributed by atoms with Crippen molar-refractivity contribution in [2.45, 2.75) is 32.4 Å². The topological polar surface area (TPSA) is 49.9 Å². The summed E-state index contributed by atoms with van der Waals surface area (Å²) in [5.41, 5.74) is 0.929. The molecule has 2 rings (SSSR count). The number of carbonyl (C=O) groups excluding carboxylic acids is 2. The highest BCUT2D eigenvalue weighted by atomic mass is 16.6. The van der Waals surface area contributed by atoms with Crippen molar-refractivity contribution >= 4 is 12.0 Å². The Hall–Kier alpha value is -1.88. The lowest BCUT2D eigenvalue weighted by Gasteiger charge is -2.42. The van der Waals surface area contributed by atoms with Crippen LogP contribution in [0.4, 0.5) is 4.79 Å². The lowest BCUT2D eigenvalue weighted by molar-refractivity contribution is -0.162. The van der Waals surface area contributed by atoms with Crippen LogP contribution in [-0.2, 0) is 9.53 Å². The van der Waals surface area contributed by atoms with E-state index in [1.807, 2.05) is 37.3 Å². The number of amides is 2. The van der Waals surface area contributed by atoms with Gasteiger partial charge in [-0.2, -0.15) is 5.01 Å². The van der Waals surface area contributed by atoms with Gasteiger partial charge in [0.25, 0.3) is 0 Å². The van der Waals surface area contributed by atoms with E-state index >= 15 is 0 Å². The molecule has 0 aromatic heterocycles. The summed E-state index contributed by atoms with van der Waals surface area (Å²) in [4.78, 5) is 23.7. The largest absolute Gasteiger partial charge is 0.438 e. The first-order valence-corrected chi connectivity index (χ1v) is 6.37. The summed E-state index contributed by atoms with van der Waals surface area (Å²) >= 11 is 0. The van der Waals surface area contributed by atoms with Crippen molar-refractivity contribution in [2.24, 2.45) is 0 Å². The average Bonchev–Trinajstić information content (AvgIpc) is 2.43. The lowest BCUT2D eigenvalue weighted by atomic mass is 10.0. The molecular weight excluding hydrogens is 244 g/mol. The van der Waals surface area contributed by atoms with E-state index in [2.05, 4.69) is 0 Å². The minimum Gasteiger partial charge on any atom is -0.438 e. The van der Waals surface area contributed by atoms with Crippen LogP contribution in [0.2, 0.25) is 0 Å². The van der Waals surface area contributed by atoms with Crippen LogP contribution in [0.1, 0.15) is 31.9 Å². The van der Waals surface area contributed by atoms with Crippen molar-refractivity contribution in [1.82, 2.24) is 10.0 Å². The molecule has 102 valence electrons. The van der Waals surface area contributed by atoms with E-state index in [1.165, 1.54) is 0 Å². The van der Waals surface area contributed by atoms with Gasteiger partial charge in [-0.05, 0) is 12.5 Å². The Labute approximate surface area is 112 Å². The molecule has 1 aromatic rings. The third-order valence-electron chi connectivity index (χ3n) is 3.41. The van der Waals surface area contributed by atoms with Crippen LogP contribution in [0.25, 0.3) is 0 Å². The summed E-state index contributed by atoms with van der Waals surface area (Å²) < 4.78 is 5.42. The molecule has 0 spiro atoms. The van der Waals surface area contributed by atoms with Gasteiger partial charge in [-0.25, -0.2) is 9.80 Å². The van der Waals surface area contributed by atoms with Crippen LogP contribution in [0.15, 0.2) is 30.3 Å². The normalized spacial score (nSPS) is 24.2. The molecular formula is C14H18N2O3. The maximum atomic E-state index is 12.0. The fourth-order valence-corrected chi connectivity index (χ4v) is 2.18. The van der Waals surface area contributed by atoms with Crippen molar-refractivity contribution < 1.29 is 14.3 Å². The molecule has 1 aromatic carbocycles. The third-order valence-corrected chi connectivity index (χ3v) is 3.41. The van der Waals surface area contributed by atoms with Gasteiger partial charge in [-0.3, -0.25) is 4.79 Å². The van der Waals surface area contributed by atoms with Gasteiger partial charge in [-0.1, -0.05) is 37.3 Å². The number of nitrogens with zero attached hydrogens (tertiary/aromatic N) is 2. The van der Waals surface area contributed by atoms with Crippen LogP contribution >= 0.6 is 0 Å². The molecule has 0 saturated carbocycles. The SMILES string of the molecule is CCC(=O)N1C(=O)O[C@H](c2ccccc2)[C@H](C)N1C. The summed E-state index contributed by atoms with van der Waals surface area (Å²) in [6, 6.07) is 9.45. The summed E-state index contributed by atoms with van der Waals surface area (Å²) in [6.45, 7) is 3.65. The minimum atomic E-state index is -0.610. The van der Waals surface area contributed by atoms with Gasteiger partial charge in [0.15, 0.2) is 0 Å².